The number of carboxylic acids is 1. The number of unbranched alkanes of at least 4 members (excludes halogenated alkanes) is 12. The minimum absolute atomic E-state index is 0.331. The lowest BCUT2D eigenvalue weighted by Gasteiger charge is -2.21. The fraction of sp³-hybridized carbons (Fsp3) is 0.750. The van der Waals surface area contributed by atoms with Gasteiger partial charge in [-0.25, -0.2) is 9.36 Å². The van der Waals surface area contributed by atoms with E-state index in [0.717, 1.165) is 19.3 Å². The van der Waals surface area contributed by atoms with Gasteiger partial charge in [-0.3, -0.25) is 28.2 Å². The molecule has 0 spiro atoms. The van der Waals surface area contributed by atoms with Crippen LogP contribution in [-0.2, 0) is 23.1 Å². The first-order valence-electron chi connectivity index (χ1n) is 14.6. The Labute approximate surface area is 236 Å². The lowest BCUT2D eigenvalue weighted by Crippen LogP contribution is -2.33. The van der Waals surface area contributed by atoms with Gasteiger partial charge in [0.2, 0.25) is 0 Å². The molecule has 0 bridgehead atoms. The van der Waals surface area contributed by atoms with E-state index in [1.165, 1.54) is 68.6 Å². The zero-order valence-electron chi connectivity index (χ0n) is 23.9. The number of ether oxygens (including phenoxy) is 1. The first-order chi connectivity index (χ1) is 19.1. The number of nitrogens with zero attached hydrogens (tertiary/aromatic N) is 1. The monoisotopic (exact) mass is 586 g/mol. The molecule has 2 rings (SSSR count). The maximum Gasteiger partial charge on any atom is 0.472 e. The van der Waals surface area contributed by atoms with Gasteiger partial charge < -0.3 is 14.7 Å². The van der Waals surface area contributed by atoms with Crippen LogP contribution in [0.2, 0.25) is 0 Å². The minimum Gasteiger partial charge on any atom is -0.481 e. The van der Waals surface area contributed by atoms with Crippen LogP contribution in [0.5, 0.6) is 0 Å². The molecule has 0 fully saturated rings. The first-order valence-corrected chi connectivity index (χ1v) is 16.1. The summed E-state index contributed by atoms with van der Waals surface area (Å²) in [6.45, 7) is 3.45. The van der Waals surface area contributed by atoms with Gasteiger partial charge in [0.05, 0.1) is 19.1 Å². The number of H-pyrrole nitrogens is 1. The molecule has 0 aliphatic carbocycles. The predicted octanol–water partition coefficient (Wildman–Crippen LogP) is 5.76. The standard InChI is InChI=1S/C28H47N2O9P/c1-3-4-5-6-7-8-9-10-11-12-13-14-15-16-23(19-26(31)32)39-40(35,36)37-21-24-17-18-25(38-24)30-20-22(2)27(33)29-28(30)34/h17-18,20,23-25H,3-16,19,21H2,1-2H3,(H,31,32)(H,35,36)(H,29,33,34)/t23?,24-,25+/m0/s1. The molecule has 0 aromatic carbocycles. The zero-order valence-corrected chi connectivity index (χ0v) is 24.8. The Morgan fingerprint density at radius 2 is 1.60 bits per heavy atom. The quantitative estimate of drug-likeness (QED) is 0.0873. The smallest absolute Gasteiger partial charge is 0.472 e. The molecule has 2 unspecified atom stereocenters. The Morgan fingerprint density at radius 1 is 1.02 bits per heavy atom. The van der Waals surface area contributed by atoms with Crippen LogP contribution in [0.3, 0.4) is 0 Å². The van der Waals surface area contributed by atoms with Gasteiger partial charge in [-0.15, -0.1) is 0 Å². The molecule has 1 aliphatic heterocycles. The van der Waals surface area contributed by atoms with E-state index in [2.05, 4.69) is 11.9 Å². The third-order valence-corrected chi connectivity index (χ3v) is 7.98. The molecule has 12 heteroatoms. The highest BCUT2D eigenvalue weighted by Gasteiger charge is 2.31. The average molecular weight is 587 g/mol. The summed E-state index contributed by atoms with van der Waals surface area (Å²) in [5.74, 6) is -1.12. The van der Waals surface area contributed by atoms with Crippen LogP contribution in [-0.4, -0.2) is 44.3 Å². The van der Waals surface area contributed by atoms with Crippen molar-refractivity contribution >= 4 is 13.8 Å². The number of hydrogen-bond acceptors (Lipinski definition) is 7. The van der Waals surface area contributed by atoms with Gasteiger partial charge in [-0.2, -0.15) is 0 Å². The summed E-state index contributed by atoms with van der Waals surface area (Å²) < 4.78 is 29.7. The molecule has 228 valence electrons. The van der Waals surface area contributed by atoms with Crippen molar-refractivity contribution < 1.29 is 33.1 Å². The van der Waals surface area contributed by atoms with Crippen LogP contribution in [0.1, 0.15) is 115 Å². The summed E-state index contributed by atoms with van der Waals surface area (Å²) in [6.07, 6.45) is 17.3. The van der Waals surface area contributed by atoms with Gasteiger partial charge in [0.1, 0.15) is 6.10 Å². The number of aromatic amines is 1. The highest BCUT2D eigenvalue weighted by atomic mass is 31.2. The van der Waals surface area contributed by atoms with Crippen molar-refractivity contribution in [3.63, 3.8) is 0 Å². The number of aryl methyl sites for hydroxylation is 1. The van der Waals surface area contributed by atoms with E-state index in [1.807, 2.05) is 0 Å². The Balaban J connectivity index is 1.66. The Bertz CT molecular complexity index is 1080. The van der Waals surface area contributed by atoms with Crippen LogP contribution in [0.4, 0.5) is 0 Å². The molecular weight excluding hydrogens is 539 g/mol. The van der Waals surface area contributed by atoms with Crippen molar-refractivity contribution in [2.45, 2.75) is 129 Å². The SMILES string of the molecule is CCCCCCCCCCCCCCCC(CC(=O)O)OP(=O)(O)OC[C@@H]1C=C[C@H](n2cc(C)c(=O)[nH]c2=O)O1. The highest BCUT2D eigenvalue weighted by Crippen LogP contribution is 2.46. The summed E-state index contributed by atoms with van der Waals surface area (Å²) in [7, 11) is -4.55. The fourth-order valence-corrected chi connectivity index (χ4v) is 5.63. The van der Waals surface area contributed by atoms with E-state index in [4.69, 9.17) is 13.8 Å². The number of aromatic nitrogens is 2. The van der Waals surface area contributed by atoms with E-state index in [0.29, 0.717) is 18.4 Å². The van der Waals surface area contributed by atoms with Gasteiger partial charge in [0, 0.05) is 11.8 Å². The number of carboxylic acid groups (broad SMARTS) is 1. The number of phosphoric ester groups is 1. The minimum atomic E-state index is -4.55. The number of hydrogen-bond donors (Lipinski definition) is 3. The third kappa shape index (κ3) is 13.5. The largest absolute Gasteiger partial charge is 0.481 e. The summed E-state index contributed by atoms with van der Waals surface area (Å²) in [4.78, 5) is 47.3. The lowest BCUT2D eigenvalue weighted by molar-refractivity contribution is -0.139. The highest BCUT2D eigenvalue weighted by molar-refractivity contribution is 7.47. The molecule has 0 radical (unpaired) electrons. The number of carbonyl (C=O) groups is 1. The van der Waals surface area contributed by atoms with Crippen molar-refractivity contribution in [2.75, 3.05) is 6.61 Å². The van der Waals surface area contributed by atoms with E-state index >= 15 is 0 Å². The van der Waals surface area contributed by atoms with Crippen LogP contribution in [0, 0.1) is 6.92 Å². The Morgan fingerprint density at radius 3 is 2.17 bits per heavy atom. The van der Waals surface area contributed by atoms with Gasteiger partial charge in [-0.05, 0) is 19.4 Å². The van der Waals surface area contributed by atoms with Crippen molar-refractivity contribution in [2.24, 2.45) is 0 Å². The molecule has 0 saturated heterocycles. The van der Waals surface area contributed by atoms with Gasteiger partial charge >= 0.3 is 19.5 Å². The van der Waals surface area contributed by atoms with Gasteiger partial charge in [0.25, 0.3) is 5.56 Å². The van der Waals surface area contributed by atoms with Crippen molar-refractivity contribution in [1.29, 1.82) is 0 Å². The summed E-state index contributed by atoms with van der Waals surface area (Å²) in [6, 6.07) is 0. The maximum absolute atomic E-state index is 12.5. The van der Waals surface area contributed by atoms with E-state index in [1.54, 1.807) is 19.1 Å². The summed E-state index contributed by atoms with van der Waals surface area (Å²) in [5, 5.41) is 9.21. The predicted molar refractivity (Wildman–Crippen MR) is 152 cm³/mol. The zero-order chi connectivity index (χ0) is 29.4. The Hall–Kier alpha value is -2.04. The first kappa shape index (κ1) is 34.2. The molecule has 0 amide bonds. The number of aliphatic carboxylic acids is 1. The second kappa shape index (κ2) is 18.4. The molecule has 1 aromatic heterocycles. The number of rotatable bonds is 22. The van der Waals surface area contributed by atoms with Crippen LogP contribution < -0.4 is 11.2 Å². The topological polar surface area (TPSA) is 157 Å². The van der Waals surface area contributed by atoms with Crippen molar-refractivity contribution in [3.05, 3.63) is 44.8 Å². The molecule has 2 heterocycles. The van der Waals surface area contributed by atoms with E-state index in [9.17, 15) is 28.9 Å². The molecule has 1 aromatic rings. The second-order valence-corrected chi connectivity index (χ2v) is 12.0. The van der Waals surface area contributed by atoms with Crippen molar-refractivity contribution in [1.82, 2.24) is 9.55 Å². The lowest BCUT2D eigenvalue weighted by atomic mass is 10.0. The molecule has 1 aliphatic rings. The molecule has 40 heavy (non-hydrogen) atoms. The molecule has 11 nitrogen and oxygen atoms in total. The summed E-state index contributed by atoms with van der Waals surface area (Å²) >= 11 is 0. The number of nitrogens with one attached hydrogen (secondary N) is 1. The normalized spacial score (nSPS) is 19.1. The average Bonchev–Trinajstić information content (AvgIpc) is 3.36. The van der Waals surface area contributed by atoms with Gasteiger partial charge in [-0.1, -0.05) is 96.5 Å². The number of phosphoric acid groups is 1. The summed E-state index contributed by atoms with van der Waals surface area (Å²) in [5.41, 5.74) is -0.804. The van der Waals surface area contributed by atoms with Crippen LogP contribution >= 0.6 is 7.82 Å². The molecule has 4 atom stereocenters. The molecule has 0 saturated carbocycles. The van der Waals surface area contributed by atoms with Crippen molar-refractivity contribution in [3.8, 4) is 0 Å². The second-order valence-electron chi connectivity index (χ2n) is 10.5. The van der Waals surface area contributed by atoms with E-state index < -0.39 is 49.9 Å². The van der Waals surface area contributed by atoms with Crippen LogP contribution in [0.15, 0.2) is 27.9 Å². The maximum atomic E-state index is 12.5. The Kier molecular flexibility index (Phi) is 15.7. The third-order valence-electron chi connectivity index (χ3n) is 6.94. The molecule has 3 N–H and O–H groups in total. The van der Waals surface area contributed by atoms with Gasteiger partial charge in [0.15, 0.2) is 6.23 Å². The van der Waals surface area contributed by atoms with E-state index in [-0.39, 0.29) is 6.61 Å². The molecular formula is C28H47N2O9P. The fourth-order valence-electron chi connectivity index (χ4n) is 4.68. The van der Waals surface area contributed by atoms with Crippen LogP contribution in [0.25, 0.3) is 0 Å².